The normalized spacial score (nSPS) is 21.1. The van der Waals surface area contributed by atoms with Gasteiger partial charge in [-0.1, -0.05) is 0 Å². The van der Waals surface area contributed by atoms with E-state index >= 15 is 0 Å². The van der Waals surface area contributed by atoms with Gasteiger partial charge >= 0.3 is 0 Å². The molecule has 2 aliphatic rings. The van der Waals surface area contributed by atoms with Crippen molar-refractivity contribution in [2.24, 2.45) is 10.2 Å². The van der Waals surface area contributed by atoms with E-state index in [-0.39, 0.29) is 17.6 Å². The lowest BCUT2D eigenvalue weighted by molar-refractivity contribution is -0.122. The molecule has 24 heavy (non-hydrogen) atoms. The van der Waals surface area contributed by atoms with E-state index in [1.54, 1.807) is 18.5 Å². The van der Waals surface area contributed by atoms with Crippen molar-refractivity contribution in [2.75, 3.05) is 18.0 Å². The largest absolute Gasteiger partial charge is 0.352 e. The lowest BCUT2D eigenvalue weighted by Gasteiger charge is -2.33. The highest BCUT2D eigenvalue weighted by Gasteiger charge is 2.39. The molecule has 1 N–H and O–H groups in total. The smallest absolute Gasteiger partial charge is 0.225 e. The van der Waals surface area contributed by atoms with Gasteiger partial charge in [0.2, 0.25) is 11.9 Å². The summed E-state index contributed by atoms with van der Waals surface area (Å²) < 4.78 is 0. The molecule has 1 aromatic heterocycles. The molecule has 3 heterocycles. The average Bonchev–Trinajstić information content (AvgIpc) is 3.40. The van der Waals surface area contributed by atoms with Crippen LogP contribution in [-0.2, 0) is 4.79 Å². The maximum absolute atomic E-state index is 12.2. The summed E-state index contributed by atoms with van der Waals surface area (Å²) in [6.45, 7) is 1.66. The molecule has 1 atom stereocenters. The lowest BCUT2D eigenvalue weighted by atomic mass is 10.0. The Labute approximate surface area is 142 Å². The number of carbonyl (C=O) groups excluding carboxylic acids is 1. The Morgan fingerprint density at radius 2 is 2.17 bits per heavy atom. The van der Waals surface area contributed by atoms with Crippen molar-refractivity contribution in [2.45, 2.75) is 50.2 Å². The second-order valence-electron chi connectivity index (χ2n) is 6.29. The molecular formula is C17H22N6O. The van der Waals surface area contributed by atoms with Crippen LogP contribution < -0.4 is 10.2 Å². The monoisotopic (exact) mass is 326 g/mol. The van der Waals surface area contributed by atoms with E-state index in [2.05, 4.69) is 36.3 Å². The first-order valence-electron chi connectivity index (χ1n) is 8.40. The number of amides is 1. The van der Waals surface area contributed by atoms with E-state index < -0.39 is 0 Å². The SMILES string of the molecule is C#CCCC1(CCC(=O)NC2CCCN(c3ncccn3)C2)N=N1. The van der Waals surface area contributed by atoms with Gasteiger partial charge in [0.05, 0.1) is 0 Å². The molecule has 1 unspecified atom stereocenters. The van der Waals surface area contributed by atoms with Gasteiger partial charge in [-0.3, -0.25) is 4.79 Å². The first-order chi connectivity index (χ1) is 11.7. The maximum Gasteiger partial charge on any atom is 0.225 e. The molecule has 7 heteroatoms. The topological polar surface area (TPSA) is 82.8 Å². The molecule has 0 saturated carbocycles. The van der Waals surface area contributed by atoms with E-state index in [1.165, 1.54) is 0 Å². The average molecular weight is 326 g/mol. The van der Waals surface area contributed by atoms with Crippen LogP contribution in [-0.4, -0.2) is 40.7 Å². The van der Waals surface area contributed by atoms with Gasteiger partial charge in [0.1, 0.15) is 0 Å². The molecule has 1 fully saturated rings. The third-order valence-electron chi connectivity index (χ3n) is 4.43. The zero-order chi connectivity index (χ0) is 16.8. The molecular weight excluding hydrogens is 304 g/mol. The molecule has 126 valence electrons. The van der Waals surface area contributed by atoms with Crippen LogP contribution in [0.25, 0.3) is 0 Å². The van der Waals surface area contributed by atoms with Crippen LogP contribution >= 0.6 is 0 Å². The minimum Gasteiger partial charge on any atom is -0.352 e. The van der Waals surface area contributed by atoms with Gasteiger partial charge < -0.3 is 10.2 Å². The molecule has 2 aliphatic heterocycles. The molecule has 1 saturated heterocycles. The van der Waals surface area contributed by atoms with E-state index in [9.17, 15) is 4.79 Å². The molecule has 0 bridgehead atoms. The Hall–Kier alpha value is -2.49. The van der Waals surface area contributed by atoms with E-state index in [1.807, 2.05) is 0 Å². The highest BCUT2D eigenvalue weighted by Crippen LogP contribution is 2.37. The van der Waals surface area contributed by atoms with Gasteiger partial charge in [-0.25, -0.2) is 9.97 Å². The second kappa shape index (κ2) is 7.39. The third kappa shape index (κ3) is 4.28. The molecule has 0 radical (unpaired) electrons. The first-order valence-corrected chi connectivity index (χ1v) is 8.40. The van der Waals surface area contributed by atoms with E-state index in [0.29, 0.717) is 19.3 Å². The zero-order valence-electron chi connectivity index (χ0n) is 13.7. The van der Waals surface area contributed by atoms with Crippen LogP contribution in [0.1, 0.15) is 38.5 Å². The summed E-state index contributed by atoms with van der Waals surface area (Å²) in [6, 6.07) is 1.93. The van der Waals surface area contributed by atoms with Crippen molar-refractivity contribution < 1.29 is 4.79 Å². The molecule has 0 spiro atoms. The number of hydrogen-bond acceptors (Lipinski definition) is 6. The highest BCUT2D eigenvalue weighted by atomic mass is 16.1. The summed E-state index contributed by atoms with van der Waals surface area (Å²) in [4.78, 5) is 22.9. The molecule has 1 amide bonds. The Bertz CT molecular complexity index is 632. The summed E-state index contributed by atoms with van der Waals surface area (Å²) in [5.41, 5.74) is -0.389. The fourth-order valence-corrected chi connectivity index (χ4v) is 3.01. The summed E-state index contributed by atoms with van der Waals surface area (Å²) in [5.74, 6) is 3.37. The summed E-state index contributed by atoms with van der Waals surface area (Å²) in [6.07, 6.45) is 13.2. The minimum absolute atomic E-state index is 0.0493. The quantitative estimate of drug-likeness (QED) is 0.776. The van der Waals surface area contributed by atoms with Gasteiger partial charge in [0.15, 0.2) is 5.66 Å². The second-order valence-corrected chi connectivity index (χ2v) is 6.29. The molecule has 0 aromatic carbocycles. The van der Waals surface area contributed by atoms with Gasteiger partial charge in [-0.15, -0.1) is 12.3 Å². The number of nitrogens with zero attached hydrogens (tertiary/aromatic N) is 5. The summed E-state index contributed by atoms with van der Waals surface area (Å²) in [7, 11) is 0. The molecule has 3 rings (SSSR count). The van der Waals surface area contributed by atoms with Gasteiger partial charge in [-0.05, 0) is 18.9 Å². The first kappa shape index (κ1) is 16.4. The maximum atomic E-state index is 12.2. The van der Waals surface area contributed by atoms with Crippen LogP contribution in [0.3, 0.4) is 0 Å². The Morgan fingerprint density at radius 1 is 1.38 bits per heavy atom. The fraction of sp³-hybridized carbons (Fsp3) is 0.588. The molecule has 7 nitrogen and oxygen atoms in total. The Morgan fingerprint density at radius 3 is 2.88 bits per heavy atom. The zero-order valence-corrected chi connectivity index (χ0v) is 13.7. The van der Waals surface area contributed by atoms with Crippen molar-refractivity contribution >= 4 is 11.9 Å². The predicted molar refractivity (Wildman–Crippen MR) is 90.3 cm³/mol. The van der Waals surface area contributed by atoms with Crippen LogP contribution in [0.4, 0.5) is 5.95 Å². The van der Waals surface area contributed by atoms with Crippen molar-refractivity contribution in [1.29, 1.82) is 0 Å². The Kier molecular flexibility index (Phi) is 5.04. The predicted octanol–water partition coefficient (Wildman–Crippen LogP) is 1.92. The number of piperidine rings is 1. The molecule has 0 aliphatic carbocycles. The lowest BCUT2D eigenvalue weighted by Crippen LogP contribution is -2.48. The summed E-state index contributed by atoms with van der Waals surface area (Å²) in [5, 5.41) is 11.2. The van der Waals surface area contributed by atoms with Gasteiger partial charge in [-0.2, -0.15) is 10.2 Å². The van der Waals surface area contributed by atoms with Gasteiger partial charge in [0, 0.05) is 57.2 Å². The van der Waals surface area contributed by atoms with Crippen LogP contribution in [0.2, 0.25) is 0 Å². The standard InChI is InChI=1S/C17H22N6O/c1-2-3-8-17(21-22-17)9-7-15(24)20-14-6-4-12-23(13-14)16-18-10-5-11-19-16/h1,5,10-11,14H,3-4,6-9,12-13H2,(H,20,24). The number of carbonyl (C=O) groups is 1. The third-order valence-corrected chi connectivity index (χ3v) is 4.43. The Balaban J connectivity index is 1.44. The van der Waals surface area contributed by atoms with E-state index in [4.69, 9.17) is 6.42 Å². The number of anilines is 1. The number of hydrogen-bond donors (Lipinski definition) is 1. The molecule has 1 aromatic rings. The van der Waals surface area contributed by atoms with Crippen LogP contribution in [0.5, 0.6) is 0 Å². The van der Waals surface area contributed by atoms with Crippen molar-refractivity contribution in [3.63, 3.8) is 0 Å². The van der Waals surface area contributed by atoms with Crippen LogP contribution in [0.15, 0.2) is 28.7 Å². The van der Waals surface area contributed by atoms with Crippen LogP contribution in [0, 0.1) is 12.3 Å². The highest BCUT2D eigenvalue weighted by molar-refractivity contribution is 5.76. The number of terminal acetylenes is 1. The van der Waals surface area contributed by atoms with E-state index in [0.717, 1.165) is 38.3 Å². The summed E-state index contributed by atoms with van der Waals surface area (Å²) >= 11 is 0. The number of aromatic nitrogens is 2. The van der Waals surface area contributed by atoms with Crippen molar-refractivity contribution in [1.82, 2.24) is 15.3 Å². The fourth-order valence-electron chi connectivity index (χ4n) is 3.01. The number of rotatable bonds is 7. The minimum atomic E-state index is -0.389. The van der Waals surface area contributed by atoms with Gasteiger partial charge in [0.25, 0.3) is 0 Å². The number of nitrogens with one attached hydrogen (secondary N) is 1. The van der Waals surface area contributed by atoms with Crippen molar-refractivity contribution in [3.05, 3.63) is 18.5 Å². The van der Waals surface area contributed by atoms with Crippen molar-refractivity contribution in [3.8, 4) is 12.3 Å².